The highest BCUT2D eigenvalue weighted by Crippen LogP contribution is 2.22. The number of hydrogen-bond donors (Lipinski definition) is 2. The highest BCUT2D eigenvalue weighted by Gasteiger charge is 2.04. The van der Waals surface area contributed by atoms with Crippen LogP contribution in [0.4, 0.5) is 5.69 Å². The second kappa shape index (κ2) is 5.25. The third-order valence-electron chi connectivity index (χ3n) is 2.01. The molecule has 2 nitrogen and oxygen atoms in total. The van der Waals surface area contributed by atoms with Crippen LogP contribution in [0, 0.1) is 0 Å². The summed E-state index contributed by atoms with van der Waals surface area (Å²) in [4.78, 5) is 0. The molecule has 13 heavy (non-hydrogen) atoms. The Labute approximate surface area is 87.6 Å². The normalized spacial score (nSPS) is 12.5. The summed E-state index contributed by atoms with van der Waals surface area (Å²) in [5.74, 6) is 0. The lowest BCUT2D eigenvalue weighted by Crippen LogP contribution is -2.27. The van der Waals surface area contributed by atoms with E-state index >= 15 is 0 Å². The zero-order valence-electron chi connectivity index (χ0n) is 7.76. The van der Waals surface area contributed by atoms with Gasteiger partial charge >= 0.3 is 0 Å². The average molecular weight is 243 g/mol. The predicted octanol–water partition coefficient (Wildman–Crippen LogP) is 2.60. The Balaban J connectivity index is 2.67. The van der Waals surface area contributed by atoms with Gasteiger partial charge in [-0.2, -0.15) is 0 Å². The van der Waals surface area contributed by atoms with Gasteiger partial charge in [0, 0.05) is 22.7 Å². The maximum absolute atomic E-state index is 5.60. The van der Waals surface area contributed by atoms with Crippen molar-refractivity contribution in [3.63, 3.8) is 0 Å². The fourth-order valence-corrected chi connectivity index (χ4v) is 1.53. The number of hydrogen-bond acceptors (Lipinski definition) is 2. The lowest BCUT2D eigenvalue weighted by Gasteiger charge is -2.16. The number of rotatable bonds is 4. The van der Waals surface area contributed by atoms with E-state index in [2.05, 4.69) is 28.2 Å². The summed E-state index contributed by atoms with van der Waals surface area (Å²) in [5, 5.41) is 3.37. The van der Waals surface area contributed by atoms with Gasteiger partial charge < -0.3 is 11.1 Å². The number of nitrogens with two attached hydrogens (primary N) is 1. The molecule has 0 aliphatic carbocycles. The maximum atomic E-state index is 5.60. The van der Waals surface area contributed by atoms with Crippen molar-refractivity contribution in [2.45, 2.75) is 19.4 Å². The summed E-state index contributed by atoms with van der Waals surface area (Å²) < 4.78 is 1.09. The van der Waals surface area contributed by atoms with Crippen LogP contribution in [0.1, 0.15) is 13.3 Å². The van der Waals surface area contributed by atoms with Gasteiger partial charge in [0.05, 0.1) is 0 Å². The summed E-state index contributed by atoms with van der Waals surface area (Å²) >= 11 is 3.48. The molecule has 0 heterocycles. The molecule has 3 heteroatoms. The molecule has 1 rings (SSSR count). The fourth-order valence-electron chi connectivity index (χ4n) is 1.13. The van der Waals surface area contributed by atoms with Crippen molar-refractivity contribution in [1.29, 1.82) is 0 Å². The molecule has 72 valence electrons. The summed E-state index contributed by atoms with van der Waals surface area (Å²) in [6, 6.07) is 8.43. The van der Waals surface area contributed by atoms with Crippen molar-refractivity contribution in [1.82, 2.24) is 0 Å². The zero-order chi connectivity index (χ0) is 9.68. The van der Waals surface area contributed by atoms with Crippen molar-refractivity contribution in [2.75, 3.05) is 11.9 Å². The molecule has 1 atom stereocenters. The molecule has 0 radical (unpaired) electrons. The smallest absolute Gasteiger partial charge is 0.0487 e. The molecule has 0 amide bonds. The van der Waals surface area contributed by atoms with E-state index in [1.54, 1.807) is 0 Å². The molecule has 0 aliphatic heterocycles. The first-order valence-electron chi connectivity index (χ1n) is 4.49. The predicted molar refractivity (Wildman–Crippen MR) is 60.9 cm³/mol. The lowest BCUT2D eigenvalue weighted by atomic mass is 10.2. The Bertz CT molecular complexity index is 259. The molecule has 0 aliphatic rings. The minimum absolute atomic E-state index is 0.360. The first-order chi connectivity index (χ1) is 6.27. The molecule has 0 fully saturated rings. The van der Waals surface area contributed by atoms with E-state index in [4.69, 9.17) is 5.73 Å². The van der Waals surface area contributed by atoms with Crippen molar-refractivity contribution in [2.24, 2.45) is 5.73 Å². The van der Waals surface area contributed by atoms with Gasteiger partial charge in [-0.25, -0.2) is 0 Å². The molecule has 0 spiro atoms. The Morgan fingerprint density at radius 1 is 1.46 bits per heavy atom. The number of anilines is 1. The molecule has 0 aromatic heterocycles. The van der Waals surface area contributed by atoms with Gasteiger partial charge in [0.25, 0.3) is 0 Å². The summed E-state index contributed by atoms with van der Waals surface area (Å²) in [6.45, 7) is 2.79. The summed E-state index contributed by atoms with van der Waals surface area (Å²) in [7, 11) is 0. The Morgan fingerprint density at radius 2 is 2.15 bits per heavy atom. The van der Waals surface area contributed by atoms with Crippen LogP contribution in [0.5, 0.6) is 0 Å². The van der Waals surface area contributed by atoms with Crippen LogP contribution >= 0.6 is 15.9 Å². The molecule has 1 aromatic rings. The largest absolute Gasteiger partial charge is 0.380 e. The van der Waals surface area contributed by atoms with Crippen molar-refractivity contribution >= 4 is 21.6 Å². The Morgan fingerprint density at radius 3 is 2.69 bits per heavy atom. The number of benzene rings is 1. The van der Waals surface area contributed by atoms with Crippen LogP contribution in [-0.4, -0.2) is 12.6 Å². The van der Waals surface area contributed by atoms with E-state index in [0.717, 1.165) is 16.6 Å². The Kier molecular flexibility index (Phi) is 4.25. The van der Waals surface area contributed by atoms with Crippen molar-refractivity contribution < 1.29 is 0 Å². The van der Waals surface area contributed by atoms with Crippen LogP contribution in [-0.2, 0) is 0 Å². The topological polar surface area (TPSA) is 38.0 Å². The lowest BCUT2D eigenvalue weighted by molar-refractivity contribution is 0.703. The van der Waals surface area contributed by atoms with Crippen molar-refractivity contribution in [3.05, 3.63) is 28.7 Å². The van der Waals surface area contributed by atoms with Gasteiger partial charge in [0.2, 0.25) is 0 Å². The van der Waals surface area contributed by atoms with Crippen molar-refractivity contribution in [3.8, 4) is 0 Å². The van der Waals surface area contributed by atoms with E-state index in [1.807, 2.05) is 24.3 Å². The molecule has 0 bridgehead atoms. The molecule has 1 aromatic carbocycles. The van der Waals surface area contributed by atoms with Gasteiger partial charge in [0.1, 0.15) is 0 Å². The first-order valence-corrected chi connectivity index (χ1v) is 5.28. The number of para-hydroxylation sites is 1. The standard InChI is InChI=1S/C10H15BrN2/c1-2-8(7-12)13-10-6-4-3-5-9(10)11/h3-6,8,13H,2,7,12H2,1H3. The SMILES string of the molecule is CCC(CN)Nc1ccccc1Br. The van der Waals surface area contributed by atoms with Crippen LogP contribution in [0.3, 0.4) is 0 Å². The molecular formula is C10H15BrN2. The third-order valence-corrected chi connectivity index (χ3v) is 2.70. The molecular weight excluding hydrogens is 228 g/mol. The van der Waals surface area contributed by atoms with Crippen LogP contribution in [0.25, 0.3) is 0 Å². The van der Waals surface area contributed by atoms with Gasteiger partial charge in [-0.1, -0.05) is 19.1 Å². The monoisotopic (exact) mass is 242 g/mol. The molecule has 1 unspecified atom stereocenters. The molecule has 3 N–H and O–H groups in total. The Hall–Kier alpha value is -0.540. The van der Waals surface area contributed by atoms with Crippen LogP contribution < -0.4 is 11.1 Å². The maximum Gasteiger partial charge on any atom is 0.0487 e. The quantitative estimate of drug-likeness (QED) is 0.852. The van der Waals surface area contributed by atoms with Gasteiger partial charge in [-0.15, -0.1) is 0 Å². The molecule has 0 saturated carbocycles. The highest BCUT2D eigenvalue weighted by atomic mass is 79.9. The van der Waals surface area contributed by atoms with Gasteiger partial charge in [-0.3, -0.25) is 0 Å². The molecule has 0 saturated heterocycles. The van der Waals surface area contributed by atoms with Gasteiger partial charge in [0.15, 0.2) is 0 Å². The van der Waals surface area contributed by atoms with Gasteiger partial charge in [-0.05, 0) is 34.5 Å². The second-order valence-corrected chi connectivity index (χ2v) is 3.82. The summed E-state index contributed by atoms with van der Waals surface area (Å²) in [5.41, 5.74) is 6.71. The summed E-state index contributed by atoms with van der Waals surface area (Å²) in [6.07, 6.45) is 1.04. The fraction of sp³-hybridized carbons (Fsp3) is 0.400. The van der Waals surface area contributed by atoms with E-state index in [1.165, 1.54) is 0 Å². The minimum Gasteiger partial charge on any atom is -0.380 e. The van der Waals surface area contributed by atoms with E-state index in [9.17, 15) is 0 Å². The second-order valence-electron chi connectivity index (χ2n) is 2.97. The van der Waals surface area contributed by atoms with E-state index in [-0.39, 0.29) is 0 Å². The number of halogens is 1. The third kappa shape index (κ3) is 3.01. The first kappa shape index (κ1) is 10.5. The average Bonchev–Trinajstić information content (AvgIpc) is 2.17. The zero-order valence-corrected chi connectivity index (χ0v) is 9.34. The van der Waals surface area contributed by atoms with Crippen LogP contribution in [0.2, 0.25) is 0 Å². The van der Waals surface area contributed by atoms with Crippen LogP contribution in [0.15, 0.2) is 28.7 Å². The minimum atomic E-state index is 0.360. The van der Waals surface area contributed by atoms with E-state index in [0.29, 0.717) is 12.6 Å². The number of nitrogens with one attached hydrogen (secondary N) is 1. The highest BCUT2D eigenvalue weighted by molar-refractivity contribution is 9.10. The van der Waals surface area contributed by atoms with E-state index < -0.39 is 0 Å².